The Morgan fingerprint density at radius 3 is 2.56 bits per heavy atom. The molecule has 1 fully saturated rings. The lowest BCUT2D eigenvalue weighted by atomic mass is 9.86. The molecule has 1 aromatic rings. The third kappa shape index (κ3) is 7.58. The van der Waals surface area contributed by atoms with E-state index >= 15 is 0 Å². The van der Waals surface area contributed by atoms with Gasteiger partial charge in [-0.1, -0.05) is 44.2 Å². The van der Waals surface area contributed by atoms with Gasteiger partial charge in [0.15, 0.2) is 0 Å². The first-order valence-corrected chi connectivity index (χ1v) is 10.0. The summed E-state index contributed by atoms with van der Waals surface area (Å²) in [5.74, 6) is -0.0947. The Hall–Kier alpha value is -1.47. The highest BCUT2D eigenvalue weighted by Gasteiger charge is 2.28. The topological polar surface area (TPSA) is 87.8 Å². The molecule has 6 nitrogen and oxygen atoms in total. The number of nitrogens with one attached hydrogen (secondary N) is 1. The molecule has 3 atom stereocenters. The summed E-state index contributed by atoms with van der Waals surface area (Å²) in [5, 5.41) is 13.6. The van der Waals surface area contributed by atoms with Gasteiger partial charge in [-0.05, 0) is 24.3 Å². The summed E-state index contributed by atoms with van der Waals surface area (Å²) in [4.78, 5) is 14.9. The SMILES string of the molecule is CC(C)[C@@H](C[C@H](O)[C@@H](N)Cc1ccccc1)C(=O)NCCN1CCOCC1. The van der Waals surface area contributed by atoms with Crippen molar-refractivity contribution in [2.24, 2.45) is 17.6 Å². The van der Waals surface area contributed by atoms with Gasteiger partial charge in [0.25, 0.3) is 0 Å². The molecule has 1 heterocycles. The first kappa shape index (κ1) is 21.8. The molecule has 1 aromatic carbocycles. The van der Waals surface area contributed by atoms with Crippen molar-refractivity contribution in [1.29, 1.82) is 0 Å². The zero-order valence-corrected chi connectivity index (χ0v) is 16.6. The molecule has 6 heteroatoms. The molecule has 0 spiro atoms. The van der Waals surface area contributed by atoms with Crippen molar-refractivity contribution in [1.82, 2.24) is 10.2 Å². The Bertz CT molecular complexity index is 547. The molecule has 0 saturated carbocycles. The molecule has 27 heavy (non-hydrogen) atoms. The van der Waals surface area contributed by atoms with Crippen LogP contribution in [0.1, 0.15) is 25.8 Å². The molecule has 2 rings (SSSR count). The molecule has 1 amide bonds. The monoisotopic (exact) mass is 377 g/mol. The molecule has 152 valence electrons. The number of aliphatic hydroxyl groups excluding tert-OH is 1. The maximum Gasteiger partial charge on any atom is 0.223 e. The van der Waals surface area contributed by atoms with Crippen molar-refractivity contribution < 1.29 is 14.6 Å². The zero-order chi connectivity index (χ0) is 19.6. The van der Waals surface area contributed by atoms with E-state index in [9.17, 15) is 9.90 Å². The van der Waals surface area contributed by atoms with Crippen molar-refractivity contribution in [2.75, 3.05) is 39.4 Å². The number of morpholine rings is 1. The zero-order valence-electron chi connectivity index (χ0n) is 16.6. The van der Waals surface area contributed by atoms with E-state index in [4.69, 9.17) is 10.5 Å². The van der Waals surface area contributed by atoms with Crippen LogP contribution in [0.3, 0.4) is 0 Å². The van der Waals surface area contributed by atoms with Gasteiger partial charge in [-0.2, -0.15) is 0 Å². The van der Waals surface area contributed by atoms with Crippen LogP contribution in [0.5, 0.6) is 0 Å². The van der Waals surface area contributed by atoms with Gasteiger partial charge < -0.3 is 20.9 Å². The third-order valence-corrected chi connectivity index (χ3v) is 5.28. The van der Waals surface area contributed by atoms with Gasteiger partial charge in [-0.15, -0.1) is 0 Å². The summed E-state index contributed by atoms with van der Waals surface area (Å²) in [6.45, 7) is 8.82. The van der Waals surface area contributed by atoms with Crippen LogP contribution in [0.25, 0.3) is 0 Å². The number of amides is 1. The number of aliphatic hydroxyl groups is 1. The summed E-state index contributed by atoms with van der Waals surface area (Å²) >= 11 is 0. The Labute approximate surface area is 163 Å². The molecule has 0 aromatic heterocycles. The number of nitrogens with zero attached hydrogens (tertiary/aromatic N) is 1. The number of benzene rings is 1. The smallest absolute Gasteiger partial charge is 0.223 e. The van der Waals surface area contributed by atoms with E-state index in [1.165, 1.54) is 0 Å². The molecule has 0 bridgehead atoms. The van der Waals surface area contributed by atoms with Crippen LogP contribution >= 0.6 is 0 Å². The van der Waals surface area contributed by atoms with Crippen LogP contribution in [0.4, 0.5) is 0 Å². The number of hydrogen-bond acceptors (Lipinski definition) is 5. The second-order valence-corrected chi connectivity index (χ2v) is 7.75. The van der Waals surface area contributed by atoms with E-state index in [1.807, 2.05) is 44.2 Å². The summed E-state index contributed by atoms with van der Waals surface area (Å²) in [5.41, 5.74) is 7.29. The Balaban J connectivity index is 1.79. The van der Waals surface area contributed by atoms with Crippen LogP contribution < -0.4 is 11.1 Å². The molecule has 0 unspecified atom stereocenters. The predicted octanol–water partition coefficient (Wildman–Crippen LogP) is 1.03. The van der Waals surface area contributed by atoms with Gasteiger partial charge in [0.2, 0.25) is 5.91 Å². The minimum atomic E-state index is -0.706. The molecule has 1 aliphatic heterocycles. The van der Waals surface area contributed by atoms with Crippen LogP contribution in [0.15, 0.2) is 30.3 Å². The normalized spacial score (nSPS) is 18.9. The Kier molecular flexibility index (Phi) is 9.21. The fourth-order valence-electron chi connectivity index (χ4n) is 3.43. The van der Waals surface area contributed by atoms with Crippen molar-refractivity contribution in [3.63, 3.8) is 0 Å². The molecule has 4 N–H and O–H groups in total. The lowest BCUT2D eigenvalue weighted by Crippen LogP contribution is -2.45. The first-order valence-electron chi connectivity index (χ1n) is 10.0. The third-order valence-electron chi connectivity index (χ3n) is 5.28. The fraction of sp³-hybridized carbons (Fsp3) is 0.667. The number of carbonyl (C=O) groups is 1. The molecule has 1 saturated heterocycles. The molecule has 1 aliphatic rings. The number of rotatable bonds is 10. The van der Waals surface area contributed by atoms with Gasteiger partial charge in [0.1, 0.15) is 0 Å². The number of hydrogen-bond donors (Lipinski definition) is 3. The van der Waals surface area contributed by atoms with E-state index in [0.717, 1.165) is 38.4 Å². The highest BCUT2D eigenvalue weighted by molar-refractivity contribution is 5.78. The lowest BCUT2D eigenvalue weighted by molar-refractivity contribution is -0.127. The van der Waals surface area contributed by atoms with Crippen LogP contribution in [-0.4, -0.2) is 67.5 Å². The minimum absolute atomic E-state index is 0.00391. The number of carbonyl (C=O) groups excluding carboxylic acids is 1. The van der Waals surface area contributed by atoms with E-state index in [0.29, 0.717) is 19.4 Å². The highest BCUT2D eigenvalue weighted by atomic mass is 16.5. The average Bonchev–Trinajstić information content (AvgIpc) is 2.67. The average molecular weight is 378 g/mol. The van der Waals surface area contributed by atoms with Gasteiger partial charge in [0, 0.05) is 38.1 Å². The number of nitrogens with two attached hydrogens (primary N) is 1. The van der Waals surface area contributed by atoms with E-state index in [2.05, 4.69) is 10.2 Å². The predicted molar refractivity (Wildman–Crippen MR) is 107 cm³/mol. The van der Waals surface area contributed by atoms with Crippen molar-refractivity contribution in [3.05, 3.63) is 35.9 Å². The Morgan fingerprint density at radius 2 is 1.93 bits per heavy atom. The van der Waals surface area contributed by atoms with Crippen molar-refractivity contribution >= 4 is 5.91 Å². The van der Waals surface area contributed by atoms with E-state index < -0.39 is 6.10 Å². The minimum Gasteiger partial charge on any atom is -0.391 e. The van der Waals surface area contributed by atoms with Crippen LogP contribution in [0.2, 0.25) is 0 Å². The van der Waals surface area contributed by atoms with Gasteiger partial charge >= 0.3 is 0 Å². The van der Waals surface area contributed by atoms with Gasteiger partial charge in [-0.25, -0.2) is 0 Å². The van der Waals surface area contributed by atoms with E-state index in [1.54, 1.807) is 0 Å². The highest BCUT2D eigenvalue weighted by Crippen LogP contribution is 2.20. The maximum absolute atomic E-state index is 12.6. The van der Waals surface area contributed by atoms with Gasteiger partial charge in [-0.3, -0.25) is 9.69 Å². The quantitative estimate of drug-likeness (QED) is 0.567. The molecular weight excluding hydrogens is 342 g/mol. The first-order chi connectivity index (χ1) is 13.0. The molecular formula is C21H35N3O3. The van der Waals surface area contributed by atoms with Crippen molar-refractivity contribution in [3.8, 4) is 0 Å². The fourth-order valence-corrected chi connectivity index (χ4v) is 3.43. The summed E-state index contributed by atoms with van der Waals surface area (Å²) in [7, 11) is 0. The van der Waals surface area contributed by atoms with Crippen molar-refractivity contribution in [2.45, 2.75) is 38.8 Å². The van der Waals surface area contributed by atoms with Gasteiger partial charge in [0.05, 0.1) is 19.3 Å². The number of ether oxygens (including phenoxy) is 1. The van der Waals surface area contributed by atoms with Crippen LogP contribution in [-0.2, 0) is 16.0 Å². The Morgan fingerprint density at radius 1 is 1.26 bits per heavy atom. The standard InChI is InChI=1S/C21H35N3O3/c1-16(2)18(21(26)23-8-9-24-10-12-27-13-11-24)15-20(25)19(22)14-17-6-4-3-5-7-17/h3-7,16,18-20,25H,8-15,22H2,1-2H3,(H,23,26)/t18-,19+,20+/m1/s1. The second kappa shape index (κ2) is 11.4. The van der Waals surface area contributed by atoms with Crippen LogP contribution in [0, 0.1) is 11.8 Å². The molecule has 0 aliphatic carbocycles. The molecule has 0 radical (unpaired) electrons. The summed E-state index contributed by atoms with van der Waals surface area (Å²) in [6.07, 6.45) is 0.281. The summed E-state index contributed by atoms with van der Waals surface area (Å²) < 4.78 is 5.34. The maximum atomic E-state index is 12.6. The summed E-state index contributed by atoms with van der Waals surface area (Å²) in [6, 6.07) is 9.52. The largest absolute Gasteiger partial charge is 0.391 e. The van der Waals surface area contributed by atoms with E-state index in [-0.39, 0.29) is 23.8 Å². The lowest BCUT2D eigenvalue weighted by Gasteiger charge is -2.28. The second-order valence-electron chi connectivity index (χ2n) is 7.75.